The number of nitro groups is 1. The number of fused-ring (bicyclic) bond motifs is 1. The summed E-state index contributed by atoms with van der Waals surface area (Å²) >= 11 is 12.1. The molecule has 1 heterocycles. The van der Waals surface area contributed by atoms with E-state index in [1.165, 1.54) is 30.3 Å². The number of halogens is 2. The van der Waals surface area contributed by atoms with Crippen molar-refractivity contribution in [3.63, 3.8) is 0 Å². The molecule has 0 N–H and O–H groups in total. The van der Waals surface area contributed by atoms with E-state index in [-0.39, 0.29) is 26.1 Å². The molecular formula is C16H13Cl2N3O4S. The minimum absolute atomic E-state index is 0.192. The van der Waals surface area contributed by atoms with Crippen LogP contribution in [0.2, 0.25) is 10.0 Å². The number of rotatable bonds is 5. The molecule has 0 spiro atoms. The second-order valence-corrected chi connectivity index (χ2v) is 8.16. The topological polar surface area (TPSA) is 95.1 Å². The van der Waals surface area contributed by atoms with Crippen LogP contribution in [0.4, 0.5) is 5.69 Å². The molecule has 0 aliphatic carbocycles. The molecule has 0 unspecified atom stereocenters. The summed E-state index contributed by atoms with van der Waals surface area (Å²) in [5, 5.41) is 11.4. The molecule has 2 aromatic carbocycles. The van der Waals surface area contributed by atoms with Gasteiger partial charge < -0.3 is 0 Å². The van der Waals surface area contributed by atoms with Crippen LogP contribution in [0.5, 0.6) is 0 Å². The Morgan fingerprint density at radius 2 is 1.88 bits per heavy atom. The van der Waals surface area contributed by atoms with Gasteiger partial charge >= 0.3 is 0 Å². The number of hydrogen-bond acceptors (Lipinski definition) is 5. The van der Waals surface area contributed by atoms with Gasteiger partial charge in [0.05, 0.1) is 30.9 Å². The molecular weight excluding hydrogens is 401 g/mol. The van der Waals surface area contributed by atoms with E-state index in [1.807, 2.05) is 6.92 Å². The van der Waals surface area contributed by atoms with Gasteiger partial charge in [-0.15, -0.1) is 0 Å². The average Bonchev–Trinajstić information content (AvgIpc) is 2.93. The molecule has 0 aliphatic heterocycles. The van der Waals surface area contributed by atoms with Crippen molar-refractivity contribution in [2.24, 2.45) is 0 Å². The van der Waals surface area contributed by atoms with Crippen LogP contribution in [0.1, 0.15) is 19.2 Å². The van der Waals surface area contributed by atoms with Crippen LogP contribution < -0.4 is 0 Å². The largest absolute Gasteiger partial charge is 0.270 e. The standard InChI is InChI=1S/C16H13Cl2N3O4S/c1-2-4-16-19-14-8-12(17)13(18)9-15(14)20(16)26(24,25)11-6-3-5-10(7-11)21(22)23/h3,5-9H,2,4H2,1H3. The summed E-state index contributed by atoms with van der Waals surface area (Å²) in [5.74, 6) is 0.312. The van der Waals surface area contributed by atoms with Crippen LogP contribution in [0.3, 0.4) is 0 Å². The van der Waals surface area contributed by atoms with Crippen LogP contribution in [-0.2, 0) is 16.4 Å². The van der Waals surface area contributed by atoms with E-state index in [9.17, 15) is 18.5 Å². The van der Waals surface area contributed by atoms with Gasteiger partial charge in [0.2, 0.25) is 0 Å². The third-order valence-corrected chi connectivity index (χ3v) is 6.22. The molecule has 3 aromatic rings. The fourth-order valence-electron chi connectivity index (χ4n) is 2.61. The predicted octanol–water partition coefficient (Wildman–Crippen LogP) is 4.44. The number of aromatic nitrogens is 2. The first kappa shape index (κ1) is 18.6. The summed E-state index contributed by atoms with van der Waals surface area (Å²) in [6, 6.07) is 7.82. The summed E-state index contributed by atoms with van der Waals surface area (Å²) in [6.45, 7) is 1.89. The van der Waals surface area contributed by atoms with Gasteiger partial charge in [-0.1, -0.05) is 36.2 Å². The van der Waals surface area contributed by atoms with E-state index < -0.39 is 14.9 Å². The molecule has 136 valence electrons. The molecule has 0 saturated carbocycles. The van der Waals surface area contributed by atoms with Crippen LogP contribution in [-0.4, -0.2) is 22.3 Å². The number of benzene rings is 2. The number of imidazole rings is 1. The summed E-state index contributed by atoms with van der Waals surface area (Å²) in [5.41, 5.74) is 0.347. The number of aryl methyl sites for hydroxylation is 1. The van der Waals surface area contributed by atoms with Crippen LogP contribution >= 0.6 is 23.2 Å². The zero-order valence-electron chi connectivity index (χ0n) is 13.5. The van der Waals surface area contributed by atoms with Crippen molar-refractivity contribution in [3.8, 4) is 0 Å². The van der Waals surface area contributed by atoms with Crippen molar-refractivity contribution in [3.05, 3.63) is 62.4 Å². The third-order valence-electron chi connectivity index (χ3n) is 3.76. The molecule has 10 heteroatoms. The normalized spacial score (nSPS) is 11.8. The monoisotopic (exact) mass is 413 g/mol. The van der Waals surface area contributed by atoms with Crippen molar-refractivity contribution < 1.29 is 13.3 Å². The van der Waals surface area contributed by atoms with E-state index in [2.05, 4.69) is 4.98 Å². The quantitative estimate of drug-likeness (QED) is 0.454. The van der Waals surface area contributed by atoms with Gasteiger partial charge in [0.1, 0.15) is 5.82 Å². The van der Waals surface area contributed by atoms with Crippen molar-refractivity contribution in [1.82, 2.24) is 8.96 Å². The molecule has 7 nitrogen and oxygen atoms in total. The molecule has 26 heavy (non-hydrogen) atoms. The number of non-ortho nitro benzene ring substituents is 1. The molecule has 0 bridgehead atoms. The fraction of sp³-hybridized carbons (Fsp3) is 0.188. The van der Waals surface area contributed by atoms with Gasteiger partial charge in [-0.05, 0) is 24.6 Å². The Balaban J connectivity index is 2.31. The number of nitro benzene ring substituents is 1. The Morgan fingerprint density at radius 3 is 2.54 bits per heavy atom. The predicted molar refractivity (Wildman–Crippen MR) is 99.4 cm³/mol. The lowest BCUT2D eigenvalue weighted by Gasteiger charge is -2.10. The zero-order chi connectivity index (χ0) is 19.1. The van der Waals surface area contributed by atoms with Crippen LogP contribution in [0.25, 0.3) is 11.0 Å². The first-order chi connectivity index (χ1) is 12.3. The highest BCUT2D eigenvalue weighted by molar-refractivity contribution is 7.90. The van der Waals surface area contributed by atoms with Crippen LogP contribution in [0, 0.1) is 10.1 Å². The Labute approximate surface area is 159 Å². The van der Waals surface area contributed by atoms with Gasteiger partial charge in [0, 0.05) is 18.6 Å². The lowest BCUT2D eigenvalue weighted by molar-refractivity contribution is -0.385. The van der Waals surface area contributed by atoms with E-state index in [1.54, 1.807) is 0 Å². The highest BCUT2D eigenvalue weighted by Crippen LogP contribution is 2.31. The summed E-state index contributed by atoms with van der Waals surface area (Å²) in [4.78, 5) is 14.5. The first-order valence-electron chi connectivity index (χ1n) is 7.62. The second kappa shape index (κ2) is 6.86. The molecule has 1 aromatic heterocycles. The maximum Gasteiger partial charge on any atom is 0.270 e. The Bertz CT molecular complexity index is 1130. The molecule has 3 rings (SSSR count). The molecule has 0 radical (unpaired) electrons. The number of nitrogens with zero attached hydrogens (tertiary/aromatic N) is 3. The van der Waals surface area contributed by atoms with E-state index in [0.29, 0.717) is 24.2 Å². The molecule has 0 fully saturated rings. The van der Waals surface area contributed by atoms with Gasteiger partial charge in [-0.2, -0.15) is 0 Å². The van der Waals surface area contributed by atoms with Gasteiger partial charge in [-0.25, -0.2) is 17.4 Å². The minimum Gasteiger partial charge on any atom is -0.258 e. The zero-order valence-corrected chi connectivity index (χ0v) is 15.8. The molecule has 0 atom stereocenters. The lowest BCUT2D eigenvalue weighted by Crippen LogP contribution is -2.16. The SMILES string of the molecule is CCCc1nc2cc(Cl)c(Cl)cc2n1S(=O)(=O)c1cccc([N+](=O)[O-])c1. The highest BCUT2D eigenvalue weighted by Gasteiger charge is 2.26. The number of hydrogen-bond donors (Lipinski definition) is 0. The fourth-order valence-corrected chi connectivity index (χ4v) is 4.48. The molecule has 0 aliphatic rings. The second-order valence-electron chi connectivity index (χ2n) is 5.56. The first-order valence-corrected chi connectivity index (χ1v) is 9.81. The van der Waals surface area contributed by atoms with Crippen molar-refractivity contribution in [2.75, 3.05) is 0 Å². The Kier molecular flexibility index (Phi) is 4.92. The smallest absolute Gasteiger partial charge is 0.258 e. The van der Waals surface area contributed by atoms with E-state index in [0.717, 1.165) is 10.0 Å². The van der Waals surface area contributed by atoms with Crippen molar-refractivity contribution in [2.45, 2.75) is 24.7 Å². The highest BCUT2D eigenvalue weighted by atomic mass is 35.5. The Morgan fingerprint density at radius 1 is 1.19 bits per heavy atom. The van der Waals surface area contributed by atoms with E-state index >= 15 is 0 Å². The third kappa shape index (κ3) is 3.15. The minimum atomic E-state index is -4.11. The van der Waals surface area contributed by atoms with Crippen molar-refractivity contribution >= 4 is 49.9 Å². The summed E-state index contributed by atoms with van der Waals surface area (Å²) in [6.07, 6.45) is 1.06. The Hall–Kier alpha value is -2.16. The summed E-state index contributed by atoms with van der Waals surface area (Å²) < 4.78 is 27.5. The molecule has 0 amide bonds. The lowest BCUT2D eigenvalue weighted by atomic mass is 10.3. The van der Waals surface area contributed by atoms with Gasteiger partial charge in [-0.3, -0.25) is 10.1 Å². The van der Waals surface area contributed by atoms with Crippen LogP contribution in [0.15, 0.2) is 41.3 Å². The maximum atomic E-state index is 13.2. The van der Waals surface area contributed by atoms with Crippen molar-refractivity contribution in [1.29, 1.82) is 0 Å². The average molecular weight is 414 g/mol. The molecule has 0 saturated heterocycles. The summed E-state index contributed by atoms with van der Waals surface area (Å²) in [7, 11) is -4.11. The van der Waals surface area contributed by atoms with Gasteiger partial charge in [0.25, 0.3) is 15.7 Å². The van der Waals surface area contributed by atoms with E-state index in [4.69, 9.17) is 23.2 Å². The van der Waals surface area contributed by atoms with Gasteiger partial charge in [0.15, 0.2) is 0 Å². The maximum absolute atomic E-state index is 13.2.